The molecule has 0 fully saturated rings. The number of hydrogen-bond acceptors (Lipinski definition) is 12. The molecule has 0 amide bonds. The van der Waals surface area contributed by atoms with E-state index in [1.165, 1.54) is 42.7 Å². The first-order chi connectivity index (χ1) is 20.1. The van der Waals surface area contributed by atoms with E-state index in [1.807, 2.05) is 0 Å². The van der Waals surface area contributed by atoms with Crippen LogP contribution in [0.25, 0.3) is 0 Å². The zero-order valence-corrected chi connectivity index (χ0v) is 24.6. The predicted molar refractivity (Wildman–Crippen MR) is 142 cm³/mol. The molecule has 3 aliphatic rings. The molecule has 12 nitrogen and oxygen atoms in total. The lowest BCUT2D eigenvalue weighted by atomic mass is 9.62. The van der Waals surface area contributed by atoms with Crippen LogP contribution < -0.4 is 0 Å². The lowest BCUT2D eigenvalue weighted by Gasteiger charge is -2.41. The Kier molecular flexibility index (Phi) is 9.22. The lowest BCUT2D eigenvalue weighted by Crippen LogP contribution is -2.44. The van der Waals surface area contributed by atoms with Gasteiger partial charge in [-0.05, 0) is 71.9 Å². The fourth-order valence-electron chi connectivity index (χ4n) is 7.14. The largest absolute Gasteiger partial charge is 0.469 e. The lowest BCUT2D eigenvalue weighted by molar-refractivity contribution is -0.158. The zero-order chi connectivity index (χ0) is 30.9. The highest BCUT2D eigenvalue weighted by Crippen LogP contribution is 2.47. The fraction of sp³-hybridized carbons (Fsp3) is 0.600. The van der Waals surface area contributed by atoms with Crippen LogP contribution in [0.4, 0.5) is 0 Å². The highest BCUT2D eigenvalue weighted by atomic mass is 16.5. The molecule has 228 valence electrons. The molecule has 0 aliphatic heterocycles. The van der Waals surface area contributed by atoms with E-state index in [1.54, 1.807) is 0 Å². The van der Waals surface area contributed by atoms with E-state index in [4.69, 9.17) is 28.4 Å². The van der Waals surface area contributed by atoms with Gasteiger partial charge in [-0.15, -0.1) is 0 Å². The van der Waals surface area contributed by atoms with Gasteiger partial charge in [-0.25, -0.2) is 0 Å². The van der Waals surface area contributed by atoms with Crippen LogP contribution in [0.3, 0.4) is 0 Å². The number of ether oxygens (including phenoxy) is 6. The SMILES string of the molecule is COC(=O)[C@H]1Cc2c3c(c4c(c2C[C@H]1C(=O)OC)C[C@@H](C(=O)OC)[C@H](C(=O)OC)C4)C[C@@H](C(=O)OC)[C@@H](C(=O)OC)C3. The molecule has 0 saturated heterocycles. The van der Waals surface area contributed by atoms with Crippen molar-refractivity contribution in [3.05, 3.63) is 33.4 Å². The fourth-order valence-corrected chi connectivity index (χ4v) is 7.14. The van der Waals surface area contributed by atoms with Crippen molar-refractivity contribution in [1.82, 2.24) is 0 Å². The molecule has 0 heterocycles. The van der Waals surface area contributed by atoms with E-state index in [-0.39, 0.29) is 38.5 Å². The molecule has 0 aromatic heterocycles. The minimum absolute atomic E-state index is 0.123. The molecular formula is C30H36O12. The third kappa shape index (κ3) is 5.22. The first kappa shape index (κ1) is 31.0. The van der Waals surface area contributed by atoms with Gasteiger partial charge in [0.25, 0.3) is 0 Å². The molecule has 0 N–H and O–H groups in total. The van der Waals surface area contributed by atoms with Gasteiger partial charge in [0, 0.05) is 0 Å². The molecule has 6 atom stereocenters. The van der Waals surface area contributed by atoms with Crippen molar-refractivity contribution in [3.63, 3.8) is 0 Å². The Balaban J connectivity index is 2.00. The summed E-state index contributed by atoms with van der Waals surface area (Å²) in [6.45, 7) is 0. The van der Waals surface area contributed by atoms with Gasteiger partial charge in [0.15, 0.2) is 0 Å². The summed E-state index contributed by atoms with van der Waals surface area (Å²) in [6.07, 6.45) is 0.735. The van der Waals surface area contributed by atoms with Crippen molar-refractivity contribution in [2.45, 2.75) is 38.5 Å². The number of carbonyl (C=O) groups is 6. The quantitative estimate of drug-likeness (QED) is 0.339. The molecule has 4 rings (SSSR count). The molecule has 0 saturated carbocycles. The van der Waals surface area contributed by atoms with E-state index in [0.29, 0.717) is 0 Å². The number of methoxy groups -OCH3 is 6. The zero-order valence-electron chi connectivity index (χ0n) is 24.6. The maximum atomic E-state index is 12.9. The van der Waals surface area contributed by atoms with E-state index >= 15 is 0 Å². The number of esters is 6. The Hall–Kier alpha value is -3.96. The van der Waals surface area contributed by atoms with Crippen LogP contribution in [-0.2, 0) is 95.7 Å². The Bertz CT molecular complexity index is 1040. The number of rotatable bonds is 6. The summed E-state index contributed by atoms with van der Waals surface area (Å²) in [5, 5.41) is 0. The van der Waals surface area contributed by atoms with Gasteiger partial charge in [0.2, 0.25) is 0 Å². The molecule has 0 unspecified atom stereocenters. The Labute approximate surface area is 243 Å². The van der Waals surface area contributed by atoms with Crippen LogP contribution in [0.2, 0.25) is 0 Å². The van der Waals surface area contributed by atoms with Gasteiger partial charge < -0.3 is 28.4 Å². The maximum Gasteiger partial charge on any atom is 0.309 e. The highest BCUT2D eigenvalue weighted by molar-refractivity contribution is 5.87. The molecule has 0 spiro atoms. The second-order valence-electron chi connectivity index (χ2n) is 10.9. The first-order valence-corrected chi connectivity index (χ1v) is 13.7. The monoisotopic (exact) mass is 588 g/mol. The smallest absolute Gasteiger partial charge is 0.309 e. The molecule has 3 aliphatic carbocycles. The third-order valence-electron chi connectivity index (χ3n) is 9.21. The van der Waals surface area contributed by atoms with E-state index < -0.39 is 71.3 Å². The molecule has 12 heteroatoms. The Morgan fingerprint density at radius 1 is 0.333 bits per heavy atom. The van der Waals surface area contributed by atoms with Crippen molar-refractivity contribution >= 4 is 35.8 Å². The van der Waals surface area contributed by atoms with Gasteiger partial charge in [0.05, 0.1) is 78.2 Å². The third-order valence-corrected chi connectivity index (χ3v) is 9.21. The van der Waals surface area contributed by atoms with Crippen LogP contribution in [0.5, 0.6) is 0 Å². The predicted octanol–water partition coefficient (Wildman–Crippen LogP) is 0.718. The van der Waals surface area contributed by atoms with Crippen molar-refractivity contribution in [2.24, 2.45) is 35.5 Å². The summed E-state index contributed by atoms with van der Waals surface area (Å²) in [4.78, 5) is 77.5. The number of benzene rings is 1. The highest BCUT2D eigenvalue weighted by Gasteiger charge is 2.49. The summed E-state index contributed by atoms with van der Waals surface area (Å²) < 4.78 is 30.3. The van der Waals surface area contributed by atoms with E-state index in [2.05, 4.69) is 0 Å². The topological polar surface area (TPSA) is 158 Å². The number of carbonyl (C=O) groups excluding carboxylic acids is 6. The molecule has 0 radical (unpaired) electrons. The van der Waals surface area contributed by atoms with Gasteiger partial charge in [-0.2, -0.15) is 0 Å². The van der Waals surface area contributed by atoms with E-state index in [0.717, 1.165) is 33.4 Å². The molecular weight excluding hydrogens is 552 g/mol. The van der Waals surface area contributed by atoms with Gasteiger partial charge in [0.1, 0.15) is 0 Å². The van der Waals surface area contributed by atoms with Gasteiger partial charge in [-0.3, -0.25) is 28.8 Å². The molecule has 0 bridgehead atoms. The van der Waals surface area contributed by atoms with Crippen molar-refractivity contribution in [1.29, 1.82) is 0 Å². The van der Waals surface area contributed by atoms with Crippen LogP contribution in [0, 0.1) is 35.5 Å². The van der Waals surface area contributed by atoms with Crippen LogP contribution in [-0.4, -0.2) is 78.5 Å². The normalized spacial score (nSPS) is 25.9. The maximum absolute atomic E-state index is 12.9. The van der Waals surface area contributed by atoms with Crippen molar-refractivity contribution < 1.29 is 57.2 Å². The summed E-state index contributed by atoms with van der Waals surface area (Å²) in [7, 11) is 7.48. The molecule has 1 aromatic carbocycles. The van der Waals surface area contributed by atoms with E-state index in [9.17, 15) is 28.8 Å². The summed E-state index contributed by atoms with van der Waals surface area (Å²) in [5.74, 6) is -8.57. The molecule has 42 heavy (non-hydrogen) atoms. The minimum atomic E-state index is -0.852. The van der Waals surface area contributed by atoms with Crippen LogP contribution in [0.15, 0.2) is 0 Å². The number of hydrogen-bond donors (Lipinski definition) is 0. The minimum Gasteiger partial charge on any atom is -0.469 e. The van der Waals surface area contributed by atoms with Crippen LogP contribution in [0.1, 0.15) is 33.4 Å². The summed E-state index contributed by atoms with van der Waals surface area (Å²) >= 11 is 0. The summed E-state index contributed by atoms with van der Waals surface area (Å²) in [6, 6.07) is 0. The first-order valence-electron chi connectivity index (χ1n) is 13.7. The van der Waals surface area contributed by atoms with Gasteiger partial charge >= 0.3 is 35.8 Å². The van der Waals surface area contributed by atoms with Crippen molar-refractivity contribution in [3.8, 4) is 0 Å². The second kappa shape index (κ2) is 12.5. The average Bonchev–Trinajstić information content (AvgIpc) is 3.04. The van der Waals surface area contributed by atoms with Crippen molar-refractivity contribution in [2.75, 3.05) is 42.7 Å². The average molecular weight is 589 g/mol. The van der Waals surface area contributed by atoms with Crippen LogP contribution >= 0.6 is 0 Å². The number of fused-ring (bicyclic) bond motifs is 6. The second-order valence-corrected chi connectivity index (χ2v) is 10.9. The van der Waals surface area contributed by atoms with Gasteiger partial charge in [-0.1, -0.05) is 0 Å². The Morgan fingerprint density at radius 3 is 0.548 bits per heavy atom. The summed E-state index contributed by atoms with van der Waals surface area (Å²) in [5.41, 5.74) is 4.56. The standard InChI is InChI=1S/C30H36O12/c1-37-25(31)19-7-13-14(8-20(19)26(32)38-2)16-10-22(28(34)40-4)24(30(36)42-6)12-18(16)17-11-23(29(35)41-5)21(9-15(13)17)27(33)39-3/h19-24H,7-12H2,1-6H3/t19-,20-,21-,22-,23+,24+/m1/s1. The molecule has 1 aromatic rings. The Morgan fingerprint density at radius 2 is 0.452 bits per heavy atom.